The minimum Gasteiger partial charge on any atom is -0.316 e. The summed E-state index contributed by atoms with van der Waals surface area (Å²) < 4.78 is 0. The van der Waals surface area contributed by atoms with Crippen LogP contribution in [0.2, 0.25) is 0 Å². The van der Waals surface area contributed by atoms with Crippen molar-refractivity contribution >= 4 is 0 Å². The molecule has 0 aliphatic carbocycles. The number of piperazine rings is 1. The molecule has 3 N–H and O–H groups in total. The highest BCUT2D eigenvalue weighted by Crippen LogP contribution is 2.11. The number of nitrogens with two attached hydrogens (primary N) is 1. The zero-order valence-corrected chi connectivity index (χ0v) is 17.0. The van der Waals surface area contributed by atoms with Gasteiger partial charge in [-0.25, -0.2) is 0 Å². The van der Waals surface area contributed by atoms with E-state index in [-0.39, 0.29) is 6.17 Å². The van der Waals surface area contributed by atoms with E-state index in [9.17, 15) is 0 Å². The van der Waals surface area contributed by atoms with Gasteiger partial charge >= 0.3 is 0 Å². The maximum atomic E-state index is 6.29. The van der Waals surface area contributed by atoms with Crippen LogP contribution < -0.4 is 11.1 Å². The Balaban J connectivity index is 1.78. The number of nitrogens with zero attached hydrogens (tertiary/aromatic N) is 1. The average molecular weight is 352 g/mol. The highest BCUT2D eigenvalue weighted by Gasteiger charge is 2.15. The zero-order valence-electron chi connectivity index (χ0n) is 17.0. The average Bonchev–Trinajstić information content (AvgIpc) is 2.65. The second-order valence-electron chi connectivity index (χ2n) is 7.73. The monoisotopic (exact) mass is 351 g/mol. The lowest BCUT2D eigenvalue weighted by atomic mass is 10.1. The van der Waals surface area contributed by atoms with Crippen LogP contribution in [0.25, 0.3) is 0 Å². The Bertz CT molecular complexity index is 298. The molecule has 0 bridgehead atoms. The maximum absolute atomic E-state index is 6.29. The Morgan fingerprint density at radius 1 is 0.800 bits per heavy atom. The summed E-state index contributed by atoms with van der Waals surface area (Å²) in [6, 6.07) is 0. The topological polar surface area (TPSA) is 41.3 Å². The summed E-state index contributed by atoms with van der Waals surface area (Å²) >= 11 is 0. The van der Waals surface area contributed by atoms with Crippen molar-refractivity contribution in [3.63, 3.8) is 0 Å². The summed E-state index contributed by atoms with van der Waals surface area (Å²) in [4.78, 5) is 2.44. The smallest absolute Gasteiger partial charge is 0.0572 e. The highest BCUT2D eigenvalue weighted by atomic mass is 15.3. The van der Waals surface area contributed by atoms with Gasteiger partial charge in [-0.3, -0.25) is 4.90 Å². The van der Waals surface area contributed by atoms with Gasteiger partial charge in [-0.1, -0.05) is 76.9 Å². The van der Waals surface area contributed by atoms with Crippen LogP contribution in [-0.2, 0) is 0 Å². The van der Waals surface area contributed by atoms with E-state index in [1.165, 1.54) is 83.5 Å². The molecule has 3 heteroatoms. The quantitative estimate of drug-likeness (QED) is 0.296. The number of allylic oxidation sites excluding steroid dienone is 2. The fourth-order valence-electron chi connectivity index (χ4n) is 3.62. The van der Waals surface area contributed by atoms with E-state index in [0.29, 0.717) is 0 Å². The van der Waals surface area contributed by atoms with Gasteiger partial charge in [0.05, 0.1) is 6.17 Å². The van der Waals surface area contributed by atoms with E-state index in [2.05, 4.69) is 29.3 Å². The molecule has 1 saturated heterocycles. The molecule has 148 valence electrons. The molecule has 1 atom stereocenters. The molecule has 0 amide bonds. The number of hydrogen-bond donors (Lipinski definition) is 2. The summed E-state index contributed by atoms with van der Waals surface area (Å²) in [5.41, 5.74) is 6.29. The Morgan fingerprint density at radius 2 is 1.32 bits per heavy atom. The molecule has 0 aromatic rings. The predicted molar refractivity (Wildman–Crippen MR) is 112 cm³/mol. The lowest BCUT2D eigenvalue weighted by Crippen LogP contribution is -2.51. The summed E-state index contributed by atoms with van der Waals surface area (Å²) in [6.07, 6.45) is 24.0. The van der Waals surface area contributed by atoms with Crippen LogP contribution in [0.1, 0.15) is 96.8 Å². The van der Waals surface area contributed by atoms with Crippen LogP contribution in [0, 0.1) is 0 Å². The molecule has 0 aromatic heterocycles. The Kier molecular flexibility index (Phi) is 15.5. The Labute approximate surface area is 157 Å². The molecule has 1 unspecified atom stereocenters. The van der Waals surface area contributed by atoms with Crippen LogP contribution in [0.3, 0.4) is 0 Å². The number of unbranched alkanes of at least 4 members (excludes halogenated alkanes) is 11. The lowest BCUT2D eigenvalue weighted by molar-refractivity contribution is 0.165. The van der Waals surface area contributed by atoms with Crippen molar-refractivity contribution in [2.75, 3.05) is 26.2 Å². The summed E-state index contributed by atoms with van der Waals surface area (Å²) in [5, 5.41) is 3.39. The molecule has 25 heavy (non-hydrogen) atoms. The Hall–Kier alpha value is -0.380. The van der Waals surface area contributed by atoms with E-state index in [0.717, 1.165) is 32.6 Å². The van der Waals surface area contributed by atoms with Crippen molar-refractivity contribution in [3.05, 3.63) is 12.2 Å². The van der Waals surface area contributed by atoms with Crippen LogP contribution in [0.4, 0.5) is 0 Å². The first-order valence-electron chi connectivity index (χ1n) is 11.2. The molecule has 1 aliphatic heterocycles. The molecular weight excluding hydrogens is 306 g/mol. The SMILES string of the molecule is CCCCCCCCC=CCCCCCCCC(N)N1CCNCC1. The fraction of sp³-hybridized carbons (Fsp3) is 0.909. The van der Waals surface area contributed by atoms with Gasteiger partial charge in [0.15, 0.2) is 0 Å². The molecule has 1 heterocycles. The van der Waals surface area contributed by atoms with E-state index < -0.39 is 0 Å². The van der Waals surface area contributed by atoms with Crippen molar-refractivity contribution in [3.8, 4) is 0 Å². The first-order chi connectivity index (χ1) is 12.3. The summed E-state index contributed by atoms with van der Waals surface area (Å²) in [6.45, 7) is 6.71. The highest BCUT2D eigenvalue weighted by molar-refractivity contribution is 4.81. The third-order valence-corrected chi connectivity index (χ3v) is 5.38. The second kappa shape index (κ2) is 17.1. The van der Waals surface area contributed by atoms with Gasteiger partial charge in [-0.05, 0) is 32.1 Å². The first kappa shape index (κ1) is 22.7. The van der Waals surface area contributed by atoms with Crippen molar-refractivity contribution in [2.24, 2.45) is 5.73 Å². The first-order valence-corrected chi connectivity index (χ1v) is 11.2. The van der Waals surface area contributed by atoms with Crippen molar-refractivity contribution in [2.45, 2.75) is 103 Å². The standard InChI is InChI=1S/C22H45N3/c1-2-3-4-5-6-7-8-9-10-11-12-13-14-15-16-17-22(23)25-20-18-24-19-21-25/h9-10,22,24H,2-8,11-21,23H2,1H3. The van der Waals surface area contributed by atoms with Crippen LogP contribution in [-0.4, -0.2) is 37.2 Å². The van der Waals surface area contributed by atoms with Gasteiger partial charge in [0.25, 0.3) is 0 Å². The lowest BCUT2D eigenvalue weighted by Gasteiger charge is -2.32. The van der Waals surface area contributed by atoms with Gasteiger partial charge in [0.1, 0.15) is 0 Å². The molecule has 0 spiro atoms. The largest absolute Gasteiger partial charge is 0.316 e. The number of hydrogen-bond acceptors (Lipinski definition) is 3. The second-order valence-corrected chi connectivity index (χ2v) is 7.73. The summed E-state index contributed by atoms with van der Waals surface area (Å²) in [7, 11) is 0. The van der Waals surface area contributed by atoms with Crippen LogP contribution in [0.15, 0.2) is 12.2 Å². The van der Waals surface area contributed by atoms with E-state index >= 15 is 0 Å². The minimum absolute atomic E-state index is 0.284. The van der Waals surface area contributed by atoms with Gasteiger partial charge < -0.3 is 11.1 Å². The Morgan fingerprint density at radius 3 is 1.92 bits per heavy atom. The number of nitrogens with one attached hydrogen (secondary N) is 1. The summed E-state index contributed by atoms with van der Waals surface area (Å²) in [5.74, 6) is 0. The minimum atomic E-state index is 0.284. The normalized spacial score (nSPS) is 17.4. The van der Waals surface area contributed by atoms with Crippen molar-refractivity contribution in [1.82, 2.24) is 10.2 Å². The van der Waals surface area contributed by atoms with Crippen molar-refractivity contribution in [1.29, 1.82) is 0 Å². The van der Waals surface area contributed by atoms with Gasteiger partial charge in [-0.2, -0.15) is 0 Å². The van der Waals surface area contributed by atoms with Crippen LogP contribution >= 0.6 is 0 Å². The molecule has 3 nitrogen and oxygen atoms in total. The van der Waals surface area contributed by atoms with Crippen molar-refractivity contribution < 1.29 is 0 Å². The van der Waals surface area contributed by atoms with Gasteiger partial charge in [0, 0.05) is 26.2 Å². The maximum Gasteiger partial charge on any atom is 0.0572 e. The van der Waals surface area contributed by atoms with E-state index in [1.807, 2.05) is 0 Å². The van der Waals surface area contributed by atoms with E-state index in [4.69, 9.17) is 5.73 Å². The third-order valence-electron chi connectivity index (χ3n) is 5.38. The third kappa shape index (κ3) is 13.5. The molecule has 0 saturated carbocycles. The molecule has 1 fully saturated rings. The van der Waals surface area contributed by atoms with Crippen LogP contribution in [0.5, 0.6) is 0 Å². The number of rotatable bonds is 16. The van der Waals surface area contributed by atoms with E-state index in [1.54, 1.807) is 0 Å². The van der Waals surface area contributed by atoms with Gasteiger partial charge in [-0.15, -0.1) is 0 Å². The zero-order chi connectivity index (χ0) is 18.0. The molecule has 0 aromatic carbocycles. The predicted octanol–water partition coefficient (Wildman–Crippen LogP) is 5.21. The molecule has 1 aliphatic rings. The fourth-order valence-corrected chi connectivity index (χ4v) is 3.62. The molecular formula is C22H45N3. The molecule has 1 rings (SSSR count). The van der Waals surface area contributed by atoms with Gasteiger partial charge in [0.2, 0.25) is 0 Å². The molecule has 0 radical (unpaired) electrons.